The fraction of sp³-hybridized carbons (Fsp3) is 0.238. The number of anilines is 2. The minimum Gasteiger partial charge on any atom is -0.493 e. The molecule has 3 aromatic rings. The van der Waals surface area contributed by atoms with E-state index in [1.807, 2.05) is 43.5 Å². The van der Waals surface area contributed by atoms with E-state index in [0.29, 0.717) is 17.2 Å². The van der Waals surface area contributed by atoms with Gasteiger partial charge in [0.2, 0.25) is 5.91 Å². The number of benzene rings is 2. The van der Waals surface area contributed by atoms with Crippen LogP contribution in [0.2, 0.25) is 0 Å². The second-order valence-electron chi connectivity index (χ2n) is 6.25. The number of amides is 1. The number of hydrogen-bond donors (Lipinski definition) is 2. The lowest BCUT2D eigenvalue weighted by Gasteiger charge is -2.16. The third-order valence-corrected chi connectivity index (χ3v) is 5.00. The van der Waals surface area contributed by atoms with Crippen LogP contribution in [0, 0.1) is 6.92 Å². The maximum Gasteiger partial charge on any atom is 0.246 e. The van der Waals surface area contributed by atoms with Crippen molar-refractivity contribution in [2.24, 2.45) is 0 Å². The lowest BCUT2D eigenvalue weighted by Crippen LogP contribution is -2.31. The van der Waals surface area contributed by atoms with Gasteiger partial charge in [0.15, 0.2) is 11.5 Å². The van der Waals surface area contributed by atoms with Crippen molar-refractivity contribution in [1.82, 2.24) is 4.98 Å². The van der Waals surface area contributed by atoms with E-state index in [1.54, 1.807) is 43.8 Å². The lowest BCUT2D eigenvalue weighted by atomic mass is 10.1. The molecule has 1 heterocycles. The molecule has 0 fully saturated rings. The van der Waals surface area contributed by atoms with Gasteiger partial charge in [-0.25, -0.2) is 4.98 Å². The molecule has 146 valence electrons. The van der Waals surface area contributed by atoms with Crippen LogP contribution in [-0.2, 0) is 4.79 Å². The van der Waals surface area contributed by atoms with Crippen molar-refractivity contribution in [2.75, 3.05) is 24.9 Å². The quantitative estimate of drug-likeness (QED) is 0.611. The Bertz CT molecular complexity index is 954. The summed E-state index contributed by atoms with van der Waals surface area (Å²) in [6.45, 7) is 3.80. The Morgan fingerprint density at radius 3 is 2.32 bits per heavy atom. The van der Waals surface area contributed by atoms with Crippen molar-refractivity contribution >= 4 is 28.6 Å². The van der Waals surface area contributed by atoms with Crippen molar-refractivity contribution in [3.63, 3.8) is 0 Å². The van der Waals surface area contributed by atoms with E-state index >= 15 is 0 Å². The summed E-state index contributed by atoms with van der Waals surface area (Å²) >= 11 is 1.63. The van der Waals surface area contributed by atoms with Crippen LogP contribution in [0.5, 0.6) is 11.5 Å². The Hall–Kier alpha value is -3.06. The molecule has 0 aliphatic heterocycles. The highest BCUT2D eigenvalue weighted by molar-refractivity contribution is 7.09. The summed E-state index contributed by atoms with van der Waals surface area (Å²) in [6.07, 6.45) is 0. The predicted octanol–water partition coefficient (Wildman–Crippen LogP) is 4.57. The minimum atomic E-state index is -0.416. The van der Waals surface area contributed by atoms with E-state index in [9.17, 15) is 4.79 Å². The van der Waals surface area contributed by atoms with Crippen LogP contribution in [0.1, 0.15) is 11.9 Å². The first kappa shape index (κ1) is 19.7. The molecule has 0 saturated heterocycles. The summed E-state index contributed by atoms with van der Waals surface area (Å²) < 4.78 is 10.5. The van der Waals surface area contributed by atoms with Crippen LogP contribution >= 0.6 is 11.3 Å². The van der Waals surface area contributed by atoms with Gasteiger partial charge in [0.05, 0.1) is 24.9 Å². The Balaban J connectivity index is 1.62. The highest BCUT2D eigenvalue weighted by Crippen LogP contribution is 2.30. The number of hydrogen-bond acceptors (Lipinski definition) is 6. The normalized spacial score (nSPS) is 11.6. The number of aromatic nitrogens is 1. The molecule has 0 aliphatic rings. The number of ether oxygens (including phenoxy) is 2. The molecule has 2 N–H and O–H groups in total. The van der Waals surface area contributed by atoms with Gasteiger partial charge in [-0.15, -0.1) is 11.3 Å². The van der Waals surface area contributed by atoms with E-state index in [-0.39, 0.29) is 5.91 Å². The number of aryl methyl sites for hydroxylation is 1. The van der Waals surface area contributed by atoms with E-state index < -0.39 is 6.04 Å². The van der Waals surface area contributed by atoms with E-state index in [4.69, 9.17) is 9.47 Å². The van der Waals surface area contributed by atoms with Crippen LogP contribution < -0.4 is 20.1 Å². The van der Waals surface area contributed by atoms with Crippen molar-refractivity contribution < 1.29 is 14.3 Å². The molecule has 28 heavy (non-hydrogen) atoms. The maximum atomic E-state index is 12.5. The summed E-state index contributed by atoms with van der Waals surface area (Å²) in [5.74, 6) is 1.03. The zero-order chi connectivity index (χ0) is 20.1. The Morgan fingerprint density at radius 2 is 1.71 bits per heavy atom. The van der Waals surface area contributed by atoms with Crippen molar-refractivity contribution in [1.29, 1.82) is 0 Å². The molecule has 7 heteroatoms. The van der Waals surface area contributed by atoms with Crippen LogP contribution in [0.15, 0.2) is 47.8 Å². The summed E-state index contributed by atoms with van der Waals surface area (Å²) in [7, 11) is 3.13. The molecular formula is C21H23N3O3S. The first-order valence-corrected chi connectivity index (χ1v) is 9.70. The van der Waals surface area contributed by atoms with E-state index in [0.717, 1.165) is 22.0 Å². The zero-order valence-corrected chi connectivity index (χ0v) is 17.1. The number of methoxy groups -OCH3 is 2. The van der Waals surface area contributed by atoms with Gasteiger partial charge in [0, 0.05) is 28.4 Å². The molecular weight excluding hydrogens is 374 g/mol. The van der Waals surface area contributed by atoms with Gasteiger partial charge in [0.1, 0.15) is 6.04 Å². The zero-order valence-electron chi connectivity index (χ0n) is 16.3. The number of nitrogens with zero attached hydrogens (tertiary/aromatic N) is 1. The molecule has 2 aromatic carbocycles. The van der Waals surface area contributed by atoms with Crippen LogP contribution in [0.4, 0.5) is 11.4 Å². The fourth-order valence-corrected chi connectivity index (χ4v) is 3.34. The van der Waals surface area contributed by atoms with Crippen molar-refractivity contribution in [3.8, 4) is 22.8 Å². The molecule has 0 radical (unpaired) electrons. The molecule has 1 unspecified atom stereocenters. The van der Waals surface area contributed by atoms with Gasteiger partial charge in [-0.3, -0.25) is 4.79 Å². The standard InChI is InChI=1S/C21H23N3O3S/c1-13(21(25)24-17-9-10-19(26-3)20(11-17)27-4)22-16-7-5-15(6-8-16)18-12-28-14(2)23-18/h5-13,22H,1-4H3,(H,24,25). The van der Waals surface area contributed by atoms with Gasteiger partial charge in [-0.1, -0.05) is 12.1 Å². The van der Waals surface area contributed by atoms with Gasteiger partial charge >= 0.3 is 0 Å². The topological polar surface area (TPSA) is 72.5 Å². The fourth-order valence-electron chi connectivity index (χ4n) is 2.71. The molecule has 0 aliphatic carbocycles. The lowest BCUT2D eigenvalue weighted by molar-refractivity contribution is -0.116. The molecule has 3 rings (SSSR count). The van der Waals surface area contributed by atoms with Crippen molar-refractivity contribution in [2.45, 2.75) is 19.9 Å². The van der Waals surface area contributed by atoms with E-state index in [2.05, 4.69) is 15.6 Å². The third-order valence-electron chi connectivity index (χ3n) is 4.23. The smallest absolute Gasteiger partial charge is 0.246 e. The minimum absolute atomic E-state index is 0.147. The summed E-state index contributed by atoms with van der Waals surface area (Å²) in [5, 5.41) is 9.17. The molecule has 1 amide bonds. The Labute approximate surface area is 168 Å². The summed E-state index contributed by atoms with van der Waals surface area (Å²) in [6, 6.07) is 12.7. The molecule has 6 nitrogen and oxygen atoms in total. The maximum absolute atomic E-state index is 12.5. The van der Waals surface area contributed by atoms with Gasteiger partial charge in [-0.05, 0) is 38.1 Å². The second kappa shape index (κ2) is 8.75. The van der Waals surface area contributed by atoms with Crippen LogP contribution in [-0.4, -0.2) is 31.2 Å². The molecule has 1 aromatic heterocycles. The van der Waals surface area contributed by atoms with Gasteiger partial charge in [-0.2, -0.15) is 0 Å². The van der Waals surface area contributed by atoms with Gasteiger partial charge < -0.3 is 20.1 Å². The molecule has 0 saturated carbocycles. The van der Waals surface area contributed by atoms with Crippen LogP contribution in [0.3, 0.4) is 0 Å². The van der Waals surface area contributed by atoms with Crippen LogP contribution in [0.25, 0.3) is 11.3 Å². The SMILES string of the molecule is COc1ccc(NC(=O)C(C)Nc2ccc(-c3csc(C)n3)cc2)cc1OC. The first-order valence-electron chi connectivity index (χ1n) is 8.82. The number of carbonyl (C=O) groups excluding carboxylic acids is 1. The first-order chi connectivity index (χ1) is 13.5. The summed E-state index contributed by atoms with van der Waals surface area (Å²) in [4.78, 5) is 17.0. The summed E-state index contributed by atoms with van der Waals surface area (Å²) in [5.41, 5.74) is 3.53. The predicted molar refractivity (Wildman–Crippen MR) is 114 cm³/mol. The average Bonchev–Trinajstić information content (AvgIpc) is 3.14. The number of thiazole rings is 1. The molecule has 0 spiro atoms. The Kier molecular flexibility index (Phi) is 6.16. The highest BCUT2D eigenvalue weighted by Gasteiger charge is 2.14. The molecule has 1 atom stereocenters. The Morgan fingerprint density at radius 1 is 1.04 bits per heavy atom. The molecule has 0 bridgehead atoms. The monoisotopic (exact) mass is 397 g/mol. The van der Waals surface area contributed by atoms with E-state index in [1.165, 1.54) is 0 Å². The second-order valence-corrected chi connectivity index (χ2v) is 7.32. The third kappa shape index (κ3) is 4.61. The average molecular weight is 398 g/mol. The van der Waals surface area contributed by atoms with Gasteiger partial charge in [0.25, 0.3) is 0 Å². The number of nitrogens with one attached hydrogen (secondary N) is 2. The highest BCUT2D eigenvalue weighted by atomic mass is 32.1. The number of carbonyl (C=O) groups is 1. The van der Waals surface area contributed by atoms with Crippen molar-refractivity contribution in [3.05, 3.63) is 52.9 Å². The number of rotatable bonds is 7. The largest absolute Gasteiger partial charge is 0.493 e.